The van der Waals surface area contributed by atoms with Crippen LogP contribution in [0.25, 0.3) is 0 Å². The maximum atomic E-state index is 6.58. The molecule has 0 aromatic heterocycles. The van der Waals surface area contributed by atoms with Gasteiger partial charge in [0.05, 0.1) is 17.3 Å². The van der Waals surface area contributed by atoms with Crippen LogP contribution in [0.3, 0.4) is 0 Å². The summed E-state index contributed by atoms with van der Waals surface area (Å²) in [5.74, 6) is 1.34. The molecule has 1 N–H and O–H groups in total. The van der Waals surface area contributed by atoms with Crippen molar-refractivity contribution in [2.75, 3.05) is 31.1 Å². The van der Waals surface area contributed by atoms with Crippen LogP contribution in [0.4, 0.5) is 5.69 Å². The van der Waals surface area contributed by atoms with Gasteiger partial charge in [-0.15, -0.1) is 0 Å². The van der Waals surface area contributed by atoms with E-state index in [2.05, 4.69) is 10.2 Å². The monoisotopic (exact) mass is 376 g/mol. The molecule has 2 aliphatic heterocycles. The van der Waals surface area contributed by atoms with E-state index in [1.54, 1.807) is 0 Å². The van der Waals surface area contributed by atoms with Gasteiger partial charge in [0, 0.05) is 22.5 Å². The maximum absolute atomic E-state index is 6.58. The fraction of sp³-hybridized carbons (Fsp3) is 0.400. The van der Waals surface area contributed by atoms with E-state index in [1.807, 2.05) is 42.5 Å². The van der Waals surface area contributed by atoms with E-state index < -0.39 is 0 Å². The van der Waals surface area contributed by atoms with Gasteiger partial charge in [0.15, 0.2) is 0 Å². The lowest BCUT2D eigenvalue weighted by Gasteiger charge is -2.29. The lowest BCUT2D eigenvalue weighted by Crippen LogP contribution is -2.37. The number of hydrogen-bond donors (Lipinski definition) is 1. The van der Waals surface area contributed by atoms with E-state index >= 15 is 0 Å². The van der Waals surface area contributed by atoms with Gasteiger partial charge in [-0.25, -0.2) is 0 Å². The highest BCUT2D eigenvalue weighted by Crippen LogP contribution is 2.50. The molecule has 2 aliphatic rings. The average Bonchev–Trinajstić information content (AvgIpc) is 2.78. The Balaban J connectivity index is 1.58. The van der Waals surface area contributed by atoms with Crippen molar-refractivity contribution in [2.45, 2.75) is 24.8 Å². The molecule has 4 rings (SSSR count). The van der Waals surface area contributed by atoms with Crippen LogP contribution in [0.1, 0.15) is 24.3 Å². The van der Waals surface area contributed by atoms with Gasteiger partial charge in [0.25, 0.3) is 0 Å². The minimum atomic E-state index is 0.432. The van der Waals surface area contributed by atoms with Crippen LogP contribution < -0.4 is 15.0 Å². The summed E-state index contributed by atoms with van der Waals surface area (Å²) in [6, 6.07) is 14.2. The molecule has 0 amide bonds. The molecule has 2 atom stereocenters. The summed E-state index contributed by atoms with van der Waals surface area (Å²) in [4.78, 5) is 2.42. The van der Waals surface area contributed by atoms with E-state index in [-0.39, 0.29) is 0 Å². The summed E-state index contributed by atoms with van der Waals surface area (Å²) < 4.78 is 5.93. The van der Waals surface area contributed by atoms with Gasteiger partial charge in [-0.1, -0.05) is 41.4 Å². The maximum Gasteiger partial charge on any atom is 0.119 e. The highest BCUT2D eigenvalue weighted by Gasteiger charge is 2.41. The fourth-order valence-electron chi connectivity index (χ4n) is 4.16. The Hall–Kier alpha value is -1.42. The number of para-hydroxylation sites is 1. The molecule has 0 saturated carbocycles. The zero-order valence-electron chi connectivity index (χ0n) is 14.1. The molecule has 0 spiro atoms. The van der Waals surface area contributed by atoms with Crippen LogP contribution in [0.5, 0.6) is 5.75 Å². The van der Waals surface area contributed by atoms with Gasteiger partial charge >= 0.3 is 0 Å². The van der Waals surface area contributed by atoms with Gasteiger partial charge < -0.3 is 15.0 Å². The molecular formula is C20H22Cl2N2O. The third-order valence-corrected chi connectivity index (χ3v) is 5.87. The van der Waals surface area contributed by atoms with Gasteiger partial charge in [0.1, 0.15) is 12.4 Å². The van der Waals surface area contributed by atoms with E-state index in [0.29, 0.717) is 18.6 Å². The quantitative estimate of drug-likeness (QED) is 0.834. The minimum absolute atomic E-state index is 0.432. The molecule has 0 aliphatic carbocycles. The molecule has 5 heteroatoms. The molecule has 2 aromatic rings. The lowest BCUT2D eigenvalue weighted by atomic mass is 9.91. The van der Waals surface area contributed by atoms with Crippen molar-refractivity contribution < 1.29 is 4.74 Å². The molecule has 25 heavy (non-hydrogen) atoms. The van der Waals surface area contributed by atoms with E-state index in [1.165, 1.54) is 5.56 Å². The number of benzene rings is 2. The van der Waals surface area contributed by atoms with Crippen molar-refractivity contribution in [3.05, 3.63) is 58.1 Å². The molecule has 3 nitrogen and oxygen atoms in total. The predicted molar refractivity (Wildman–Crippen MR) is 104 cm³/mol. The van der Waals surface area contributed by atoms with Crippen LogP contribution in [-0.4, -0.2) is 32.3 Å². The normalized spacial score (nSPS) is 22.2. The number of nitrogens with zero attached hydrogens (tertiary/aromatic N) is 1. The van der Waals surface area contributed by atoms with Crippen LogP contribution in [0.15, 0.2) is 42.5 Å². The summed E-state index contributed by atoms with van der Waals surface area (Å²) in [6.07, 6.45) is 2.19. The van der Waals surface area contributed by atoms with E-state index in [9.17, 15) is 0 Å². The number of hydrogen-bond acceptors (Lipinski definition) is 3. The fourth-order valence-corrected chi connectivity index (χ4v) is 4.73. The number of anilines is 1. The topological polar surface area (TPSA) is 24.5 Å². The molecule has 132 valence electrons. The van der Waals surface area contributed by atoms with Gasteiger partial charge in [-0.2, -0.15) is 0 Å². The Morgan fingerprint density at radius 2 is 1.76 bits per heavy atom. The number of rotatable bonds is 4. The van der Waals surface area contributed by atoms with Crippen LogP contribution in [0.2, 0.25) is 10.0 Å². The lowest BCUT2D eigenvalue weighted by molar-refractivity contribution is 0.317. The van der Waals surface area contributed by atoms with Gasteiger partial charge in [-0.05, 0) is 50.2 Å². The SMILES string of the molecule is Clc1ccc(Cl)c2c1[C@H]1CCNCC[C@@H]1N2CCOc1ccccc1. The molecule has 0 radical (unpaired) electrons. The van der Waals surface area contributed by atoms with Crippen molar-refractivity contribution in [1.82, 2.24) is 5.32 Å². The molecule has 0 bridgehead atoms. The Morgan fingerprint density at radius 1 is 1.00 bits per heavy atom. The highest BCUT2D eigenvalue weighted by molar-refractivity contribution is 6.36. The Morgan fingerprint density at radius 3 is 2.60 bits per heavy atom. The summed E-state index contributed by atoms with van der Waals surface area (Å²) in [5, 5.41) is 5.14. The summed E-state index contributed by atoms with van der Waals surface area (Å²) >= 11 is 13.2. The smallest absolute Gasteiger partial charge is 0.119 e. The Bertz CT molecular complexity index is 738. The highest BCUT2D eigenvalue weighted by atomic mass is 35.5. The summed E-state index contributed by atoms with van der Waals surface area (Å²) in [7, 11) is 0. The second kappa shape index (κ2) is 7.45. The van der Waals surface area contributed by atoms with E-state index in [0.717, 1.165) is 54.0 Å². The van der Waals surface area contributed by atoms with Crippen molar-refractivity contribution >= 4 is 28.9 Å². The molecule has 2 aromatic carbocycles. The van der Waals surface area contributed by atoms with Crippen LogP contribution >= 0.6 is 23.2 Å². The average molecular weight is 377 g/mol. The first-order valence-electron chi connectivity index (χ1n) is 8.89. The summed E-state index contributed by atoms with van der Waals surface area (Å²) in [6.45, 7) is 3.49. The second-order valence-corrected chi connectivity index (χ2v) is 7.46. The van der Waals surface area contributed by atoms with Crippen molar-refractivity contribution in [1.29, 1.82) is 0 Å². The van der Waals surface area contributed by atoms with Crippen LogP contribution in [0, 0.1) is 0 Å². The second-order valence-electron chi connectivity index (χ2n) is 6.65. The molecule has 1 fully saturated rings. The van der Waals surface area contributed by atoms with Crippen LogP contribution in [-0.2, 0) is 0 Å². The van der Waals surface area contributed by atoms with Gasteiger partial charge in [-0.3, -0.25) is 0 Å². The standard InChI is InChI=1S/C20H22Cl2N2O/c21-16-6-7-17(22)20-19(16)15-8-10-23-11-9-18(15)24(20)12-13-25-14-4-2-1-3-5-14/h1-7,15,18,23H,8-13H2/t15-,18-/m0/s1. The number of ether oxygens (including phenoxy) is 1. The number of nitrogens with one attached hydrogen (secondary N) is 1. The minimum Gasteiger partial charge on any atom is -0.492 e. The molecule has 1 saturated heterocycles. The molecule has 0 unspecified atom stereocenters. The summed E-state index contributed by atoms with van der Waals surface area (Å²) in [5.41, 5.74) is 2.34. The zero-order chi connectivity index (χ0) is 17.2. The molecular weight excluding hydrogens is 355 g/mol. The molecule has 2 heterocycles. The predicted octanol–water partition coefficient (Wildman–Crippen LogP) is 4.73. The Labute approximate surface area is 158 Å². The largest absolute Gasteiger partial charge is 0.492 e. The third-order valence-electron chi connectivity index (χ3n) is 5.23. The van der Waals surface area contributed by atoms with Crippen molar-refractivity contribution in [2.24, 2.45) is 0 Å². The first-order valence-corrected chi connectivity index (χ1v) is 9.64. The third kappa shape index (κ3) is 3.33. The van der Waals surface area contributed by atoms with Crippen molar-refractivity contribution in [3.8, 4) is 5.75 Å². The number of fused-ring (bicyclic) bond motifs is 3. The van der Waals surface area contributed by atoms with Gasteiger partial charge in [0.2, 0.25) is 0 Å². The Kier molecular flexibility index (Phi) is 5.07. The van der Waals surface area contributed by atoms with Crippen molar-refractivity contribution in [3.63, 3.8) is 0 Å². The first kappa shape index (κ1) is 17.0. The van der Waals surface area contributed by atoms with E-state index in [4.69, 9.17) is 27.9 Å². The number of halogens is 2. The first-order chi connectivity index (χ1) is 12.3. The zero-order valence-corrected chi connectivity index (χ0v) is 15.6.